The average Bonchev–Trinajstić information content (AvgIpc) is 2.92. The second kappa shape index (κ2) is 12.8. The molecule has 15 heteroatoms. The van der Waals surface area contributed by atoms with Crippen LogP contribution in [0.3, 0.4) is 0 Å². The summed E-state index contributed by atoms with van der Waals surface area (Å²) in [6.07, 6.45) is -1.87. The van der Waals surface area contributed by atoms with Gasteiger partial charge >= 0.3 is 23.3 Å². The molecule has 0 aromatic heterocycles. The van der Waals surface area contributed by atoms with Crippen molar-refractivity contribution in [3.8, 4) is 24.2 Å². The second-order valence-corrected chi connectivity index (χ2v) is 10.5. The summed E-state index contributed by atoms with van der Waals surface area (Å²) in [4.78, 5) is 20.8. The van der Waals surface area contributed by atoms with E-state index in [-0.39, 0.29) is 34.5 Å². The minimum absolute atomic E-state index is 0.0540. The molecule has 0 heterocycles. The van der Waals surface area contributed by atoms with Crippen LogP contribution in [0.15, 0.2) is 48.5 Å². The average molecular weight is 708 g/mol. The van der Waals surface area contributed by atoms with E-state index in [9.17, 15) is 50.0 Å². The predicted octanol–water partition coefficient (Wildman–Crippen LogP) is 8.50. The number of nitrogens with one attached hydrogen (secondary N) is 1. The highest BCUT2D eigenvalue weighted by Crippen LogP contribution is 2.56. The number of aryl methyl sites for hydroxylation is 1. The summed E-state index contributed by atoms with van der Waals surface area (Å²) in [6, 6.07) is 9.73. The fourth-order valence-electron chi connectivity index (χ4n) is 4.05. The SMILES string of the molecule is C#Cc1ccc(C(=O)Nc2cc(C(=O)Cc3c(Cl)cc(C(F)(C(F)(F)F)C(F)(F)Br)cc3OC(F)F)ccc2C#N)c(C)c1. The molecular formula is C29H16BrClF8N2O3. The lowest BCUT2D eigenvalue weighted by atomic mass is 9.92. The van der Waals surface area contributed by atoms with Crippen LogP contribution in [0, 0.1) is 30.6 Å². The van der Waals surface area contributed by atoms with Gasteiger partial charge in [0.05, 0.1) is 11.3 Å². The summed E-state index contributed by atoms with van der Waals surface area (Å²) in [7, 11) is 0. The molecule has 0 aliphatic heterocycles. The lowest BCUT2D eigenvalue weighted by Gasteiger charge is -2.32. The number of nitriles is 1. The number of nitrogens with zero attached hydrogens (tertiary/aromatic N) is 1. The Hall–Kier alpha value is -4.14. The van der Waals surface area contributed by atoms with Crippen LogP contribution >= 0.6 is 27.5 Å². The van der Waals surface area contributed by atoms with Crippen LogP contribution in [-0.4, -0.2) is 29.3 Å². The number of halogens is 10. The number of hydrogen-bond donors (Lipinski definition) is 1. The molecule has 3 aromatic rings. The number of carbonyl (C=O) groups is 2. The van der Waals surface area contributed by atoms with Gasteiger partial charge in [0.2, 0.25) is 0 Å². The minimum atomic E-state index is -6.26. The molecular weight excluding hydrogens is 692 g/mol. The number of ether oxygens (including phenoxy) is 1. The molecule has 1 atom stereocenters. The molecule has 0 aliphatic carbocycles. The number of Topliss-reactive ketones (excluding diaryl/α,β-unsaturated/α-hetero) is 1. The first-order valence-electron chi connectivity index (χ1n) is 11.9. The molecule has 0 saturated carbocycles. The molecule has 3 aromatic carbocycles. The van der Waals surface area contributed by atoms with Gasteiger partial charge in [-0.05, 0) is 76.9 Å². The summed E-state index contributed by atoms with van der Waals surface area (Å²) >= 11 is 7.27. The fourth-order valence-corrected chi connectivity index (χ4v) is 4.78. The normalized spacial score (nSPS) is 13.0. The van der Waals surface area contributed by atoms with Crippen LogP contribution in [0.1, 0.15) is 48.5 Å². The lowest BCUT2D eigenvalue weighted by molar-refractivity contribution is -0.282. The van der Waals surface area contributed by atoms with E-state index in [4.69, 9.17) is 18.0 Å². The number of anilines is 1. The van der Waals surface area contributed by atoms with Crippen LogP contribution in [0.25, 0.3) is 0 Å². The van der Waals surface area contributed by atoms with Gasteiger partial charge in [0.25, 0.3) is 5.91 Å². The summed E-state index contributed by atoms with van der Waals surface area (Å²) < 4.78 is 113. The van der Waals surface area contributed by atoms with E-state index in [0.717, 1.165) is 18.2 Å². The first kappa shape index (κ1) is 34.4. The lowest BCUT2D eigenvalue weighted by Crippen LogP contribution is -2.49. The van der Waals surface area contributed by atoms with E-state index in [1.54, 1.807) is 13.0 Å². The molecule has 3 rings (SSSR count). The van der Waals surface area contributed by atoms with E-state index in [0.29, 0.717) is 11.1 Å². The Kier molecular flexibility index (Phi) is 10.0. The topological polar surface area (TPSA) is 79.2 Å². The maximum absolute atomic E-state index is 14.9. The minimum Gasteiger partial charge on any atom is -0.434 e. The molecule has 1 amide bonds. The third-order valence-corrected chi connectivity index (χ3v) is 7.12. The summed E-state index contributed by atoms with van der Waals surface area (Å²) in [5.41, 5.74) is -7.27. The number of carbonyl (C=O) groups excluding carboxylic acids is 2. The number of terminal acetylenes is 1. The van der Waals surface area contributed by atoms with Crippen molar-refractivity contribution in [1.82, 2.24) is 0 Å². The van der Waals surface area contributed by atoms with Crippen LogP contribution in [0.5, 0.6) is 5.75 Å². The van der Waals surface area contributed by atoms with E-state index >= 15 is 0 Å². The van der Waals surface area contributed by atoms with E-state index in [1.807, 2.05) is 6.07 Å². The smallest absolute Gasteiger partial charge is 0.433 e. The van der Waals surface area contributed by atoms with Crippen molar-refractivity contribution in [2.45, 2.75) is 36.6 Å². The van der Waals surface area contributed by atoms with Crippen molar-refractivity contribution < 1.29 is 49.4 Å². The summed E-state index contributed by atoms with van der Waals surface area (Å²) in [5.74, 6) is -0.486. The number of hydrogen-bond acceptors (Lipinski definition) is 4. The van der Waals surface area contributed by atoms with Gasteiger partial charge in [0.1, 0.15) is 11.8 Å². The van der Waals surface area contributed by atoms with E-state index < -0.39 is 63.3 Å². The van der Waals surface area contributed by atoms with Gasteiger partial charge in [0.15, 0.2) is 5.78 Å². The molecule has 0 fully saturated rings. The maximum Gasteiger partial charge on any atom is 0.433 e. The standard InChI is InChI=1S/C29H16BrClF8N2O3/c1-3-15-4-7-19(14(2)8-15)25(43)41-22-9-16(5-6-17(22)13-40)23(42)12-20-21(31)10-18(11-24(20)44-26(32)33)27(34,28(30,35)36)29(37,38)39/h1,4-11,26H,12H2,2H3,(H,41,43). The summed E-state index contributed by atoms with van der Waals surface area (Å²) in [6.45, 7) is -2.13. The molecule has 0 bridgehead atoms. The van der Waals surface area contributed by atoms with Crippen LogP contribution in [-0.2, 0) is 12.1 Å². The zero-order chi connectivity index (χ0) is 33.2. The van der Waals surface area contributed by atoms with Gasteiger partial charge in [0, 0.05) is 39.3 Å². The van der Waals surface area contributed by atoms with Gasteiger partial charge in [-0.2, -0.15) is 36.0 Å². The summed E-state index contributed by atoms with van der Waals surface area (Å²) in [5, 5.41) is 11.0. The molecule has 0 spiro atoms. The number of amides is 1. The van der Waals surface area contributed by atoms with Crippen molar-refractivity contribution in [3.05, 3.63) is 92.5 Å². The Morgan fingerprint density at radius 2 is 1.73 bits per heavy atom. The molecule has 44 heavy (non-hydrogen) atoms. The Morgan fingerprint density at radius 3 is 2.25 bits per heavy atom. The van der Waals surface area contributed by atoms with E-state index in [1.165, 1.54) is 28.1 Å². The number of alkyl halides is 9. The van der Waals surface area contributed by atoms with Gasteiger partial charge in [-0.15, -0.1) is 6.42 Å². The second-order valence-electron chi connectivity index (χ2n) is 9.07. The Labute approximate surface area is 257 Å². The van der Waals surface area contributed by atoms with Gasteiger partial charge in [-0.25, -0.2) is 4.39 Å². The Morgan fingerprint density at radius 1 is 1.07 bits per heavy atom. The molecule has 0 aliphatic rings. The number of benzene rings is 3. The third-order valence-electron chi connectivity index (χ3n) is 6.23. The molecule has 1 N–H and O–H groups in total. The zero-order valence-corrected chi connectivity index (χ0v) is 24.3. The van der Waals surface area contributed by atoms with Crippen molar-refractivity contribution in [1.29, 1.82) is 5.26 Å². The fraction of sp³-hybridized carbons (Fsp3) is 0.207. The largest absolute Gasteiger partial charge is 0.434 e. The zero-order valence-electron chi connectivity index (χ0n) is 21.9. The monoisotopic (exact) mass is 706 g/mol. The van der Waals surface area contributed by atoms with Crippen LogP contribution in [0.2, 0.25) is 5.02 Å². The van der Waals surface area contributed by atoms with Gasteiger partial charge in [-0.3, -0.25) is 9.59 Å². The molecule has 5 nitrogen and oxygen atoms in total. The first-order chi connectivity index (χ1) is 20.3. The van der Waals surface area contributed by atoms with Gasteiger partial charge < -0.3 is 10.1 Å². The highest BCUT2D eigenvalue weighted by molar-refractivity contribution is 9.10. The maximum atomic E-state index is 14.9. The van der Waals surface area contributed by atoms with Crippen molar-refractivity contribution >= 4 is 44.9 Å². The molecule has 1 unspecified atom stereocenters. The predicted molar refractivity (Wildman–Crippen MR) is 147 cm³/mol. The highest BCUT2D eigenvalue weighted by atomic mass is 79.9. The third kappa shape index (κ3) is 6.98. The van der Waals surface area contributed by atoms with Crippen molar-refractivity contribution in [3.63, 3.8) is 0 Å². The Balaban J connectivity index is 2.03. The van der Waals surface area contributed by atoms with Crippen molar-refractivity contribution in [2.75, 3.05) is 5.32 Å². The van der Waals surface area contributed by atoms with Crippen LogP contribution in [0.4, 0.5) is 40.8 Å². The number of rotatable bonds is 9. The van der Waals surface area contributed by atoms with Gasteiger partial charge in [-0.1, -0.05) is 17.5 Å². The highest BCUT2D eigenvalue weighted by Gasteiger charge is 2.71. The van der Waals surface area contributed by atoms with E-state index in [2.05, 4.69) is 16.0 Å². The first-order valence-corrected chi connectivity index (χ1v) is 13.1. The van der Waals surface area contributed by atoms with Crippen molar-refractivity contribution in [2.24, 2.45) is 0 Å². The number of ketones is 1. The molecule has 230 valence electrons. The molecule has 0 radical (unpaired) electrons. The molecule has 0 saturated heterocycles. The Bertz CT molecular complexity index is 1690. The van der Waals surface area contributed by atoms with Crippen LogP contribution < -0.4 is 10.1 Å². The quantitative estimate of drug-likeness (QED) is 0.105.